The standard InChI is InChI=1S/C22H31N3O3S/c1-16-15-25(17(2)14-24(16)5)22(19-7-6-8-20(26)13-19)18-9-11-21(12-10-18)29(27,28)23(3)4/h6-13,16-17,22,26H,14-15H2,1-5H3. The fraction of sp³-hybridized carbons (Fsp3) is 0.455. The van der Waals surface area contributed by atoms with Crippen LogP contribution in [0, 0.1) is 0 Å². The highest BCUT2D eigenvalue weighted by molar-refractivity contribution is 7.89. The second kappa shape index (κ2) is 8.44. The predicted octanol–water partition coefficient (Wildman–Crippen LogP) is 2.76. The van der Waals surface area contributed by atoms with E-state index in [0.29, 0.717) is 12.1 Å². The van der Waals surface area contributed by atoms with Crippen molar-refractivity contribution < 1.29 is 13.5 Å². The highest BCUT2D eigenvalue weighted by Gasteiger charge is 2.33. The molecular weight excluding hydrogens is 386 g/mol. The number of hydrogen-bond acceptors (Lipinski definition) is 5. The summed E-state index contributed by atoms with van der Waals surface area (Å²) < 4.78 is 26.1. The van der Waals surface area contributed by atoms with Crippen molar-refractivity contribution in [2.24, 2.45) is 0 Å². The molecule has 0 radical (unpaired) electrons. The number of phenolic OH excluding ortho intramolecular Hbond substituents is 1. The molecule has 1 N–H and O–H groups in total. The summed E-state index contributed by atoms with van der Waals surface area (Å²) in [4.78, 5) is 5.07. The molecule has 3 unspecified atom stereocenters. The van der Waals surface area contributed by atoms with Crippen molar-refractivity contribution in [3.63, 3.8) is 0 Å². The Kier molecular flexibility index (Phi) is 6.33. The molecule has 1 saturated heterocycles. The Morgan fingerprint density at radius 1 is 1.00 bits per heavy atom. The Labute approximate surface area is 174 Å². The average molecular weight is 418 g/mol. The number of aromatic hydroxyl groups is 1. The third kappa shape index (κ3) is 4.48. The van der Waals surface area contributed by atoms with E-state index in [1.807, 2.05) is 24.3 Å². The number of piperazine rings is 1. The summed E-state index contributed by atoms with van der Waals surface area (Å²) in [7, 11) is 1.74. The monoisotopic (exact) mass is 417 g/mol. The summed E-state index contributed by atoms with van der Waals surface area (Å²) in [5, 5.41) is 10.1. The number of hydrogen-bond donors (Lipinski definition) is 1. The van der Waals surface area contributed by atoms with E-state index < -0.39 is 10.0 Å². The van der Waals surface area contributed by atoms with E-state index in [2.05, 4.69) is 30.7 Å². The fourth-order valence-corrected chi connectivity index (χ4v) is 4.89. The van der Waals surface area contributed by atoms with Gasteiger partial charge in [0.25, 0.3) is 0 Å². The molecule has 1 fully saturated rings. The van der Waals surface area contributed by atoms with E-state index in [4.69, 9.17) is 0 Å². The lowest BCUT2D eigenvalue weighted by atomic mass is 9.93. The number of phenols is 1. The third-order valence-electron chi connectivity index (χ3n) is 5.84. The number of nitrogens with zero attached hydrogens (tertiary/aromatic N) is 3. The zero-order chi connectivity index (χ0) is 21.3. The molecule has 6 nitrogen and oxygen atoms in total. The molecule has 0 saturated carbocycles. The first-order valence-corrected chi connectivity index (χ1v) is 11.3. The molecular formula is C22H31N3O3S. The SMILES string of the molecule is CC1CN(C(c2ccc(S(=O)(=O)N(C)C)cc2)c2cccc(O)c2)C(C)CN1C. The van der Waals surface area contributed by atoms with Crippen LogP contribution in [0.3, 0.4) is 0 Å². The van der Waals surface area contributed by atoms with Gasteiger partial charge >= 0.3 is 0 Å². The minimum atomic E-state index is -3.47. The van der Waals surface area contributed by atoms with Crippen molar-refractivity contribution in [3.8, 4) is 5.75 Å². The van der Waals surface area contributed by atoms with Gasteiger partial charge in [-0.15, -0.1) is 0 Å². The van der Waals surface area contributed by atoms with Crippen LogP contribution < -0.4 is 0 Å². The first kappa shape index (κ1) is 21.8. The van der Waals surface area contributed by atoms with Crippen LogP contribution in [0.15, 0.2) is 53.4 Å². The van der Waals surface area contributed by atoms with E-state index in [1.165, 1.54) is 18.4 Å². The smallest absolute Gasteiger partial charge is 0.242 e. The predicted molar refractivity (Wildman–Crippen MR) is 116 cm³/mol. The summed E-state index contributed by atoms with van der Waals surface area (Å²) >= 11 is 0. The first-order valence-electron chi connectivity index (χ1n) is 9.88. The third-order valence-corrected chi connectivity index (χ3v) is 7.67. The topological polar surface area (TPSA) is 64.1 Å². The molecule has 0 bridgehead atoms. The van der Waals surface area contributed by atoms with Crippen LogP contribution in [0.5, 0.6) is 5.75 Å². The second-order valence-electron chi connectivity index (χ2n) is 8.19. The highest BCUT2D eigenvalue weighted by atomic mass is 32.2. The van der Waals surface area contributed by atoms with Crippen LogP contribution in [0.25, 0.3) is 0 Å². The lowest BCUT2D eigenvalue weighted by Gasteiger charge is -2.46. The molecule has 3 rings (SSSR count). The summed E-state index contributed by atoms with van der Waals surface area (Å²) in [5.41, 5.74) is 2.01. The minimum absolute atomic E-state index is 0.0654. The maximum Gasteiger partial charge on any atom is 0.242 e. The molecule has 0 spiro atoms. The van der Waals surface area contributed by atoms with Crippen molar-refractivity contribution in [1.29, 1.82) is 0 Å². The highest BCUT2D eigenvalue weighted by Crippen LogP contribution is 2.34. The van der Waals surface area contributed by atoms with Gasteiger partial charge in [0.15, 0.2) is 0 Å². The Bertz CT molecular complexity index is 944. The molecule has 158 valence electrons. The van der Waals surface area contributed by atoms with E-state index in [0.717, 1.165) is 24.2 Å². The van der Waals surface area contributed by atoms with E-state index in [-0.39, 0.29) is 16.7 Å². The van der Waals surface area contributed by atoms with Crippen molar-refractivity contribution in [2.75, 3.05) is 34.2 Å². The Morgan fingerprint density at radius 3 is 2.24 bits per heavy atom. The van der Waals surface area contributed by atoms with Crippen molar-refractivity contribution >= 4 is 10.0 Å². The van der Waals surface area contributed by atoms with Crippen molar-refractivity contribution in [3.05, 3.63) is 59.7 Å². The molecule has 1 aliphatic heterocycles. The lowest BCUT2D eigenvalue weighted by molar-refractivity contribution is 0.0389. The molecule has 7 heteroatoms. The Balaban J connectivity index is 2.04. The lowest BCUT2D eigenvalue weighted by Crippen LogP contribution is -2.55. The zero-order valence-corrected chi connectivity index (χ0v) is 18.6. The zero-order valence-electron chi connectivity index (χ0n) is 17.8. The minimum Gasteiger partial charge on any atom is -0.508 e. The van der Waals surface area contributed by atoms with Crippen LogP contribution in [0.2, 0.25) is 0 Å². The summed E-state index contributed by atoms with van der Waals surface area (Å²) in [5.74, 6) is 0.231. The normalized spacial score (nSPS) is 22.7. The maximum atomic E-state index is 12.4. The fourth-order valence-electron chi connectivity index (χ4n) is 3.99. The largest absolute Gasteiger partial charge is 0.508 e. The van der Waals surface area contributed by atoms with Gasteiger partial charge in [0, 0.05) is 39.3 Å². The maximum absolute atomic E-state index is 12.4. The van der Waals surface area contributed by atoms with Gasteiger partial charge in [0.05, 0.1) is 10.9 Å². The summed E-state index contributed by atoms with van der Waals surface area (Å²) in [6.45, 7) is 6.26. The van der Waals surface area contributed by atoms with Gasteiger partial charge in [-0.2, -0.15) is 0 Å². The first-order chi connectivity index (χ1) is 13.6. The van der Waals surface area contributed by atoms with Gasteiger partial charge in [-0.25, -0.2) is 12.7 Å². The number of benzene rings is 2. The number of sulfonamides is 1. The molecule has 0 amide bonds. The van der Waals surface area contributed by atoms with Gasteiger partial charge in [-0.1, -0.05) is 24.3 Å². The average Bonchev–Trinajstić information content (AvgIpc) is 2.66. The summed E-state index contributed by atoms with van der Waals surface area (Å²) in [6, 6.07) is 15.1. The van der Waals surface area contributed by atoms with E-state index in [1.54, 1.807) is 24.3 Å². The van der Waals surface area contributed by atoms with Gasteiger partial charge in [-0.05, 0) is 56.3 Å². The van der Waals surface area contributed by atoms with Gasteiger partial charge in [-0.3, -0.25) is 4.90 Å². The van der Waals surface area contributed by atoms with E-state index in [9.17, 15) is 13.5 Å². The van der Waals surface area contributed by atoms with Crippen LogP contribution in [-0.4, -0.2) is 73.9 Å². The van der Waals surface area contributed by atoms with E-state index >= 15 is 0 Å². The molecule has 29 heavy (non-hydrogen) atoms. The molecule has 1 heterocycles. The molecule has 1 aliphatic rings. The molecule has 0 aromatic heterocycles. The molecule has 3 atom stereocenters. The van der Waals surface area contributed by atoms with Gasteiger partial charge in [0.1, 0.15) is 5.75 Å². The Morgan fingerprint density at radius 2 is 1.66 bits per heavy atom. The van der Waals surface area contributed by atoms with Crippen molar-refractivity contribution in [1.82, 2.24) is 14.1 Å². The van der Waals surface area contributed by atoms with Crippen molar-refractivity contribution in [2.45, 2.75) is 36.9 Å². The quantitative estimate of drug-likeness (QED) is 0.811. The Hall–Kier alpha value is -1.93. The van der Waals surface area contributed by atoms with Gasteiger partial charge < -0.3 is 10.0 Å². The second-order valence-corrected chi connectivity index (χ2v) is 10.3. The van der Waals surface area contributed by atoms with Crippen LogP contribution in [-0.2, 0) is 10.0 Å². The van der Waals surface area contributed by atoms with Gasteiger partial charge in [0.2, 0.25) is 10.0 Å². The molecule has 2 aromatic carbocycles. The summed E-state index contributed by atoms with van der Waals surface area (Å²) in [6.07, 6.45) is 0. The van der Waals surface area contributed by atoms with Crippen LogP contribution >= 0.6 is 0 Å². The number of rotatable bonds is 5. The molecule has 0 aliphatic carbocycles. The number of likely N-dealkylation sites (N-methyl/N-ethyl adjacent to an activating group) is 1. The van der Waals surface area contributed by atoms with Crippen LogP contribution in [0.1, 0.15) is 31.0 Å². The van der Waals surface area contributed by atoms with Crippen LogP contribution in [0.4, 0.5) is 0 Å². The molecule has 2 aromatic rings.